The van der Waals surface area contributed by atoms with Gasteiger partial charge in [0.15, 0.2) is 0 Å². The number of halogens is 1. The maximum atomic E-state index is 13.8. The third-order valence-corrected chi connectivity index (χ3v) is 3.89. The average Bonchev–Trinajstić information content (AvgIpc) is 2.45. The molecule has 0 atom stereocenters. The fourth-order valence-corrected chi connectivity index (χ4v) is 2.56. The van der Waals surface area contributed by atoms with Crippen LogP contribution in [-0.2, 0) is 0 Å². The molecule has 2 rings (SSSR count). The van der Waals surface area contributed by atoms with Crippen LogP contribution in [-0.4, -0.2) is 36.5 Å². The largest absolute Gasteiger partial charge is 0.382 e. The van der Waals surface area contributed by atoms with Crippen LogP contribution in [0.1, 0.15) is 28.8 Å². The number of carbonyl (C=O) groups excluding carboxylic acids is 1. The fraction of sp³-hybridized carbons (Fsp3) is 0.438. The molecule has 1 aliphatic rings. The van der Waals surface area contributed by atoms with E-state index in [0.717, 1.165) is 25.9 Å². The van der Waals surface area contributed by atoms with Crippen LogP contribution in [0.5, 0.6) is 0 Å². The molecule has 1 aromatic carbocycles. The van der Waals surface area contributed by atoms with Gasteiger partial charge in [0.25, 0.3) is 0 Å². The third-order valence-electron chi connectivity index (χ3n) is 3.89. The van der Waals surface area contributed by atoms with E-state index in [1.807, 2.05) is 0 Å². The molecule has 1 aromatic rings. The topological polar surface area (TPSA) is 58.4 Å². The first kappa shape index (κ1) is 15.3. The molecule has 1 aliphatic heterocycles. The molecule has 21 heavy (non-hydrogen) atoms. The van der Waals surface area contributed by atoms with Crippen molar-refractivity contribution in [3.05, 3.63) is 29.1 Å². The van der Waals surface area contributed by atoms with E-state index in [1.54, 1.807) is 13.0 Å². The number of rotatable bonds is 4. The monoisotopic (exact) mass is 289 g/mol. The average molecular weight is 289 g/mol. The smallest absolute Gasteiger partial charge is 0.248 e. The van der Waals surface area contributed by atoms with E-state index < -0.39 is 11.7 Å². The van der Waals surface area contributed by atoms with Gasteiger partial charge in [-0.15, -0.1) is 6.42 Å². The number of nitrogens with zero attached hydrogens (tertiary/aromatic N) is 1. The van der Waals surface area contributed by atoms with Crippen molar-refractivity contribution in [2.24, 2.45) is 5.73 Å². The highest BCUT2D eigenvalue weighted by Gasteiger charge is 2.20. The second kappa shape index (κ2) is 6.59. The molecular weight excluding hydrogens is 269 g/mol. The van der Waals surface area contributed by atoms with Crippen molar-refractivity contribution in [2.45, 2.75) is 25.8 Å². The molecule has 0 aromatic heterocycles. The Bertz CT molecular complexity index is 572. The Hall–Kier alpha value is -2.06. The van der Waals surface area contributed by atoms with Crippen molar-refractivity contribution < 1.29 is 9.18 Å². The number of primary amides is 1. The second-order valence-electron chi connectivity index (χ2n) is 5.39. The number of nitrogens with one attached hydrogen (secondary N) is 1. The van der Waals surface area contributed by atoms with Gasteiger partial charge in [-0.25, -0.2) is 4.39 Å². The Kier molecular flexibility index (Phi) is 4.81. The standard InChI is InChI=1S/C16H20FN3O/c1-3-6-20-7-4-13(5-8-20)19-15-10-12(16(18)21)9-14(17)11(15)2/h1,9-10,13,19H,4-8H2,2H3,(H2,18,21). The zero-order chi connectivity index (χ0) is 15.4. The van der Waals surface area contributed by atoms with E-state index in [-0.39, 0.29) is 11.6 Å². The number of amides is 1. The van der Waals surface area contributed by atoms with Crippen molar-refractivity contribution >= 4 is 11.6 Å². The minimum Gasteiger partial charge on any atom is -0.382 e. The molecular formula is C16H20FN3O. The maximum absolute atomic E-state index is 13.8. The first-order valence-electron chi connectivity index (χ1n) is 7.03. The fourth-order valence-electron chi connectivity index (χ4n) is 2.56. The number of benzene rings is 1. The van der Waals surface area contributed by atoms with Crippen LogP contribution in [0.2, 0.25) is 0 Å². The highest BCUT2D eigenvalue weighted by Crippen LogP contribution is 2.23. The van der Waals surface area contributed by atoms with Crippen LogP contribution in [0.15, 0.2) is 12.1 Å². The van der Waals surface area contributed by atoms with Gasteiger partial charge in [-0.1, -0.05) is 5.92 Å². The molecule has 0 unspecified atom stereocenters. The normalized spacial score (nSPS) is 16.4. The number of nitrogens with two attached hydrogens (primary N) is 1. The number of piperidine rings is 1. The summed E-state index contributed by atoms with van der Waals surface area (Å²) < 4.78 is 13.8. The molecule has 0 bridgehead atoms. The van der Waals surface area contributed by atoms with E-state index in [2.05, 4.69) is 16.1 Å². The lowest BCUT2D eigenvalue weighted by atomic mass is 10.0. The molecule has 4 nitrogen and oxygen atoms in total. The van der Waals surface area contributed by atoms with Gasteiger partial charge < -0.3 is 11.1 Å². The molecule has 112 valence electrons. The van der Waals surface area contributed by atoms with Crippen molar-refractivity contribution in [1.82, 2.24) is 4.90 Å². The summed E-state index contributed by atoms with van der Waals surface area (Å²) in [7, 11) is 0. The summed E-state index contributed by atoms with van der Waals surface area (Å²) in [6.07, 6.45) is 7.17. The molecule has 1 saturated heterocycles. The van der Waals surface area contributed by atoms with E-state index in [1.165, 1.54) is 6.07 Å². The Morgan fingerprint density at radius 1 is 1.52 bits per heavy atom. The van der Waals surface area contributed by atoms with Gasteiger partial charge in [0.05, 0.1) is 6.54 Å². The van der Waals surface area contributed by atoms with Gasteiger partial charge in [-0.2, -0.15) is 0 Å². The lowest BCUT2D eigenvalue weighted by Crippen LogP contribution is -2.39. The predicted molar refractivity (Wildman–Crippen MR) is 81.6 cm³/mol. The zero-order valence-electron chi connectivity index (χ0n) is 12.2. The first-order valence-corrected chi connectivity index (χ1v) is 7.03. The molecule has 1 heterocycles. The minimum atomic E-state index is -0.624. The Labute approximate surface area is 124 Å². The molecule has 5 heteroatoms. The van der Waals surface area contributed by atoms with Crippen molar-refractivity contribution in [3.8, 4) is 12.3 Å². The number of terminal acetylenes is 1. The van der Waals surface area contributed by atoms with Gasteiger partial charge >= 0.3 is 0 Å². The summed E-state index contributed by atoms with van der Waals surface area (Å²) in [5, 5.41) is 3.32. The van der Waals surface area contributed by atoms with Crippen LogP contribution in [0.25, 0.3) is 0 Å². The quantitative estimate of drug-likeness (QED) is 0.830. The van der Waals surface area contributed by atoms with Crippen LogP contribution < -0.4 is 11.1 Å². The molecule has 1 amide bonds. The highest BCUT2D eigenvalue weighted by molar-refractivity contribution is 5.94. The van der Waals surface area contributed by atoms with Gasteiger partial charge in [-0.05, 0) is 31.9 Å². The van der Waals surface area contributed by atoms with Crippen molar-refractivity contribution in [2.75, 3.05) is 25.0 Å². The van der Waals surface area contributed by atoms with E-state index in [0.29, 0.717) is 17.8 Å². The lowest BCUT2D eigenvalue weighted by Gasteiger charge is -2.32. The second-order valence-corrected chi connectivity index (χ2v) is 5.39. The summed E-state index contributed by atoms with van der Waals surface area (Å²) in [6, 6.07) is 3.05. The number of carbonyl (C=O) groups is 1. The van der Waals surface area contributed by atoms with Crippen molar-refractivity contribution in [1.29, 1.82) is 0 Å². The van der Waals surface area contributed by atoms with E-state index in [4.69, 9.17) is 12.2 Å². The molecule has 0 radical (unpaired) electrons. The van der Waals surface area contributed by atoms with Crippen LogP contribution >= 0.6 is 0 Å². The summed E-state index contributed by atoms with van der Waals surface area (Å²) in [5.41, 5.74) is 6.56. The Morgan fingerprint density at radius 2 is 2.19 bits per heavy atom. The number of anilines is 1. The zero-order valence-corrected chi connectivity index (χ0v) is 12.2. The lowest BCUT2D eigenvalue weighted by molar-refractivity contribution is 0.1000. The first-order chi connectivity index (χ1) is 10.0. The Morgan fingerprint density at radius 3 is 2.76 bits per heavy atom. The predicted octanol–water partition coefficient (Wildman–Crippen LogP) is 1.74. The van der Waals surface area contributed by atoms with Gasteiger partial charge in [0, 0.05) is 35.9 Å². The van der Waals surface area contributed by atoms with E-state index in [9.17, 15) is 9.18 Å². The highest BCUT2D eigenvalue weighted by atomic mass is 19.1. The summed E-state index contributed by atoms with van der Waals surface area (Å²) >= 11 is 0. The van der Waals surface area contributed by atoms with Crippen LogP contribution in [0, 0.1) is 25.1 Å². The third kappa shape index (κ3) is 3.73. The van der Waals surface area contributed by atoms with Crippen molar-refractivity contribution in [3.63, 3.8) is 0 Å². The Balaban J connectivity index is 2.07. The summed E-state index contributed by atoms with van der Waals surface area (Å²) in [6.45, 7) is 4.19. The summed E-state index contributed by atoms with van der Waals surface area (Å²) in [5.74, 6) is 1.60. The van der Waals surface area contributed by atoms with Gasteiger partial charge in [0.2, 0.25) is 5.91 Å². The van der Waals surface area contributed by atoms with Gasteiger partial charge in [-0.3, -0.25) is 9.69 Å². The SMILES string of the molecule is C#CCN1CCC(Nc2cc(C(N)=O)cc(F)c2C)CC1. The van der Waals surface area contributed by atoms with Gasteiger partial charge in [0.1, 0.15) is 5.82 Å². The number of hydrogen-bond donors (Lipinski definition) is 2. The maximum Gasteiger partial charge on any atom is 0.248 e. The van der Waals surface area contributed by atoms with E-state index >= 15 is 0 Å². The molecule has 1 fully saturated rings. The van der Waals surface area contributed by atoms with Crippen LogP contribution in [0.4, 0.5) is 10.1 Å². The molecule has 3 N–H and O–H groups in total. The molecule has 0 spiro atoms. The van der Waals surface area contributed by atoms with Crippen LogP contribution in [0.3, 0.4) is 0 Å². The molecule has 0 aliphatic carbocycles. The molecule has 0 saturated carbocycles. The summed E-state index contributed by atoms with van der Waals surface area (Å²) in [4.78, 5) is 13.4. The number of likely N-dealkylation sites (tertiary alicyclic amines) is 1. The minimum absolute atomic E-state index is 0.186. The number of hydrogen-bond acceptors (Lipinski definition) is 3.